The van der Waals surface area contributed by atoms with Crippen molar-refractivity contribution in [2.45, 2.75) is 19.9 Å². The van der Waals surface area contributed by atoms with E-state index in [1.807, 2.05) is 18.7 Å². The van der Waals surface area contributed by atoms with E-state index in [1.165, 1.54) is 12.1 Å². The molecule has 2 amide bonds. The average molecular weight is 336 g/mol. The Labute approximate surface area is 141 Å². The van der Waals surface area contributed by atoms with Gasteiger partial charge >= 0.3 is 0 Å². The molecule has 1 aromatic rings. The summed E-state index contributed by atoms with van der Waals surface area (Å²) in [4.78, 5) is 28.3. The van der Waals surface area contributed by atoms with Crippen LogP contribution in [0.1, 0.15) is 13.8 Å². The number of amides is 2. The smallest absolute Gasteiger partial charge is 0.241 e. The van der Waals surface area contributed by atoms with Crippen LogP contribution in [0.25, 0.3) is 0 Å². The molecular formula is C17H25FN4O2. The average Bonchev–Trinajstić information content (AvgIpc) is 2.59. The molecule has 24 heavy (non-hydrogen) atoms. The van der Waals surface area contributed by atoms with Crippen LogP contribution < -0.4 is 11.1 Å². The van der Waals surface area contributed by atoms with Gasteiger partial charge in [-0.05, 0) is 25.1 Å². The van der Waals surface area contributed by atoms with Gasteiger partial charge in [-0.1, -0.05) is 13.0 Å². The summed E-state index contributed by atoms with van der Waals surface area (Å²) in [5, 5.41) is 2.72. The van der Waals surface area contributed by atoms with Crippen LogP contribution in [-0.4, -0.2) is 60.4 Å². The van der Waals surface area contributed by atoms with E-state index < -0.39 is 0 Å². The number of rotatable bonds is 5. The maximum Gasteiger partial charge on any atom is 0.241 e. The van der Waals surface area contributed by atoms with Crippen LogP contribution in [0, 0.1) is 11.7 Å². The normalized spacial score (nSPS) is 18.1. The van der Waals surface area contributed by atoms with Gasteiger partial charge in [-0.25, -0.2) is 4.39 Å². The van der Waals surface area contributed by atoms with E-state index in [-0.39, 0.29) is 29.6 Å². The van der Waals surface area contributed by atoms with Gasteiger partial charge in [0, 0.05) is 44.3 Å². The summed E-state index contributed by atoms with van der Waals surface area (Å²) in [6.45, 7) is 6.40. The van der Waals surface area contributed by atoms with Gasteiger partial charge in [0.2, 0.25) is 11.8 Å². The maximum atomic E-state index is 13.2. The minimum atomic E-state index is -0.387. The highest BCUT2D eigenvalue weighted by atomic mass is 19.1. The number of anilines is 1. The topological polar surface area (TPSA) is 78.7 Å². The molecule has 1 saturated heterocycles. The van der Waals surface area contributed by atoms with Crippen molar-refractivity contribution in [3.63, 3.8) is 0 Å². The Kier molecular flexibility index (Phi) is 6.28. The van der Waals surface area contributed by atoms with Gasteiger partial charge in [-0.3, -0.25) is 14.5 Å². The molecule has 1 aliphatic rings. The first-order valence-corrected chi connectivity index (χ1v) is 8.21. The van der Waals surface area contributed by atoms with Crippen LogP contribution >= 0.6 is 0 Å². The zero-order valence-corrected chi connectivity index (χ0v) is 14.2. The molecule has 0 aromatic heterocycles. The Morgan fingerprint density at radius 2 is 1.92 bits per heavy atom. The van der Waals surface area contributed by atoms with Crippen LogP contribution in [0.3, 0.4) is 0 Å². The summed E-state index contributed by atoms with van der Waals surface area (Å²) >= 11 is 0. The van der Waals surface area contributed by atoms with E-state index in [9.17, 15) is 14.0 Å². The van der Waals surface area contributed by atoms with Crippen molar-refractivity contribution in [3.8, 4) is 0 Å². The molecule has 3 N–H and O–H groups in total. The Morgan fingerprint density at radius 3 is 2.50 bits per heavy atom. The predicted molar refractivity (Wildman–Crippen MR) is 90.9 cm³/mol. The molecule has 0 aliphatic carbocycles. The van der Waals surface area contributed by atoms with Crippen molar-refractivity contribution in [2.75, 3.05) is 38.0 Å². The van der Waals surface area contributed by atoms with Gasteiger partial charge in [0.1, 0.15) is 5.82 Å². The molecule has 7 heteroatoms. The van der Waals surface area contributed by atoms with E-state index >= 15 is 0 Å². The van der Waals surface area contributed by atoms with Crippen molar-refractivity contribution in [1.82, 2.24) is 9.80 Å². The van der Waals surface area contributed by atoms with Crippen molar-refractivity contribution < 1.29 is 14.0 Å². The molecule has 2 unspecified atom stereocenters. The van der Waals surface area contributed by atoms with Gasteiger partial charge in [0.15, 0.2) is 0 Å². The summed E-state index contributed by atoms with van der Waals surface area (Å²) < 4.78 is 13.2. The van der Waals surface area contributed by atoms with E-state index in [4.69, 9.17) is 5.73 Å². The van der Waals surface area contributed by atoms with Gasteiger partial charge < -0.3 is 16.0 Å². The lowest BCUT2D eigenvalue weighted by Crippen LogP contribution is -2.55. The van der Waals surface area contributed by atoms with Crippen molar-refractivity contribution in [2.24, 2.45) is 11.7 Å². The number of piperazine rings is 1. The first-order valence-electron chi connectivity index (χ1n) is 8.21. The monoisotopic (exact) mass is 336 g/mol. The molecule has 0 spiro atoms. The molecule has 0 radical (unpaired) electrons. The molecule has 1 heterocycles. The number of nitrogens with zero attached hydrogens (tertiary/aromatic N) is 2. The maximum absolute atomic E-state index is 13.2. The summed E-state index contributed by atoms with van der Waals surface area (Å²) in [6, 6.07) is 5.47. The fraction of sp³-hybridized carbons (Fsp3) is 0.529. The third-order valence-electron chi connectivity index (χ3n) is 4.42. The molecule has 1 aliphatic heterocycles. The lowest BCUT2D eigenvalue weighted by molar-refractivity contribution is -0.137. The largest absolute Gasteiger partial charge is 0.340 e. The third kappa shape index (κ3) is 4.52. The number of carbonyl (C=O) groups is 2. The SMILES string of the molecule is CC(CN)C(=O)N1CCN(C(C)C(=O)Nc2cccc(F)c2)CC1. The second-order valence-electron chi connectivity index (χ2n) is 6.17. The summed E-state index contributed by atoms with van der Waals surface area (Å²) in [6.07, 6.45) is 0. The Bertz CT molecular complexity index is 588. The summed E-state index contributed by atoms with van der Waals surface area (Å²) in [5.41, 5.74) is 5.98. The number of hydrogen-bond donors (Lipinski definition) is 2. The van der Waals surface area contributed by atoms with E-state index in [2.05, 4.69) is 5.32 Å². The fourth-order valence-electron chi connectivity index (χ4n) is 2.72. The number of benzene rings is 1. The molecule has 0 saturated carbocycles. The van der Waals surface area contributed by atoms with E-state index in [0.29, 0.717) is 38.4 Å². The second-order valence-corrected chi connectivity index (χ2v) is 6.17. The fourth-order valence-corrected chi connectivity index (χ4v) is 2.72. The molecule has 2 rings (SSSR count). The van der Waals surface area contributed by atoms with Crippen molar-refractivity contribution >= 4 is 17.5 Å². The molecule has 1 fully saturated rings. The highest BCUT2D eigenvalue weighted by molar-refractivity contribution is 5.94. The number of nitrogens with one attached hydrogen (secondary N) is 1. The van der Waals surface area contributed by atoms with Crippen LogP contribution in [-0.2, 0) is 9.59 Å². The number of halogens is 1. The minimum Gasteiger partial charge on any atom is -0.340 e. The van der Waals surface area contributed by atoms with Gasteiger partial charge in [-0.15, -0.1) is 0 Å². The van der Waals surface area contributed by atoms with Crippen LogP contribution in [0.2, 0.25) is 0 Å². The van der Waals surface area contributed by atoms with E-state index in [0.717, 1.165) is 0 Å². The number of nitrogens with two attached hydrogens (primary N) is 1. The second kappa shape index (κ2) is 8.21. The quantitative estimate of drug-likeness (QED) is 0.837. The molecule has 0 bridgehead atoms. The minimum absolute atomic E-state index is 0.0639. The third-order valence-corrected chi connectivity index (χ3v) is 4.42. The Hall–Kier alpha value is -1.99. The van der Waals surface area contributed by atoms with Crippen LogP contribution in [0.15, 0.2) is 24.3 Å². The van der Waals surface area contributed by atoms with E-state index in [1.54, 1.807) is 17.0 Å². The lowest BCUT2D eigenvalue weighted by atomic mass is 10.1. The van der Waals surface area contributed by atoms with Gasteiger partial charge in [-0.2, -0.15) is 0 Å². The first kappa shape index (κ1) is 18.4. The van der Waals surface area contributed by atoms with Gasteiger partial charge in [0.25, 0.3) is 0 Å². The number of hydrogen-bond acceptors (Lipinski definition) is 4. The number of carbonyl (C=O) groups excluding carboxylic acids is 2. The first-order chi connectivity index (χ1) is 11.4. The predicted octanol–water partition coefficient (Wildman–Crippen LogP) is 0.892. The molecule has 2 atom stereocenters. The van der Waals surface area contributed by atoms with Gasteiger partial charge in [0.05, 0.1) is 6.04 Å². The van der Waals surface area contributed by atoms with Crippen molar-refractivity contribution in [1.29, 1.82) is 0 Å². The summed E-state index contributed by atoms with van der Waals surface area (Å²) in [7, 11) is 0. The molecular weight excluding hydrogens is 311 g/mol. The van der Waals surface area contributed by atoms with Crippen LogP contribution in [0.5, 0.6) is 0 Å². The molecule has 1 aromatic carbocycles. The highest BCUT2D eigenvalue weighted by Gasteiger charge is 2.28. The highest BCUT2D eigenvalue weighted by Crippen LogP contribution is 2.13. The van der Waals surface area contributed by atoms with Crippen LogP contribution in [0.4, 0.5) is 10.1 Å². The zero-order valence-electron chi connectivity index (χ0n) is 14.2. The zero-order chi connectivity index (χ0) is 17.7. The molecule has 6 nitrogen and oxygen atoms in total. The summed E-state index contributed by atoms with van der Waals surface area (Å²) in [5.74, 6) is -0.684. The Balaban J connectivity index is 1.87. The van der Waals surface area contributed by atoms with Crippen molar-refractivity contribution in [3.05, 3.63) is 30.1 Å². The lowest BCUT2D eigenvalue weighted by Gasteiger charge is -2.38. The molecule has 132 valence electrons. The standard InChI is InChI=1S/C17H25FN4O2/c1-12(11-19)17(24)22-8-6-21(7-9-22)13(2)16(23)20-15-5-3-4-14(18)10-15/h3-5,10,12-13H,6-9,11,19H2,1-2H3,(H,20,23). The Morgan fingerprint density at radius 1 is 1.25 bits per heavy atom.